The third-order valence-electron chi connectivity index (χ3n) is 3.14. The molecule has 0 saturated heterocycles. The van der Waals surface area contributed by atoms with Crippen LogP contribution >= 0.6 is 0 Å². The molecule has 3 N–H and O–H groups in total. The molecule has 0 bridgehead atoms. The summed E-state index contributed by atoms with van der Waals surface area (Å²) in [4.78, 5) is 19.3. The second-order valence-electron chi connectivity index (χ2n) is 4.89. The Labute approximate surface area is 118 Å². The van der Waals surface area contributed by atoms with Gasteiger partial charge in [-0.3, -0.25) is 4.79 Å². The van der Waals surface area contributed by atoms with Crippen molar-refractivity contribution in [1.82, 2.24) is 9.97 Å². The van der Waals surface area contributed by atoms with Crippen LogP contribution in [0.5, 0.6) is 0 Å². The zero-order valence-corrected chi connectivity index (χ0v) is 11.8. The number of nitrogens with one attached hydrogen (secondary N) is 2. The third kappa shape index (κ3) is 3.81. The predicted octanol–water partition coefficient (Wildman–Crippen LogP) is 2.62. The highest BCUT2D eigenvalue weighted by molar-refractivity contribution is 5.93. The number of carbonyl (C=O) groups excluding carboxylic acids is 1. The van der Waals surface area contributed by atoms with E-state index < -0.39 is 0 Å². The third-order valence-corrected chi connectivity index (χ3v) is 3.14. The number of hydrogen-bond acceptors (Lipinski definition) is 3. The van der Waals surface area contributed by atoms with E-state index >= 15 is 0 Å². The van der Waals surface area contributed by atoms with Gasteiger partial charge in [-0.1, -0.05) is 13.3 Å². The number of aromatic amines is 1. The molecule has 5 heteroatoms. The highest BCUT2D eigenvalue weighted by atomic mass is 16.2. The van der Waals surface area contributed by atoms with E-state index in [1.807, 2.05) is 18.2 Å². The zero-order chi connectivity index (χ0) is 14.4. The maximum Gasteiger partial charge on any atom is 0.224 e. The largest absolute Gasteiger partial charge is 0.396 e. The molecule has 2 aromatic rings. The minimum atomic E-state index is 0.0474. The Bertz CT molecular complexity index is 578. The minimum Gasteiger partial charge on any atom is -0.396 e. The van der Waals surface area contributed by atoms with Crippen LogP contribution in [0.3, 0.4) is 0 Å². The SMILES string of the molecule is CCCCC(=O)Nc1ccc2nc(CCCO)[nH]c2c1. The Morgan fingerprint density at radius 1 is 1.40 bits per heavy atom. The van der Waals surface area contributed by atoms with Gasteiger partial charge in [0.2, 0.25) is 5.91 Å². The van der Waals surface area contributed by atoms with E-state index in [0.717, 1.165) is 41.8 Å². The first-order chi connectivity index (χ1) is 9.72. The van der Waals surface area contributed by atoms with Crippen LogP contribution < -0.4 is 5.32 Å². The standard InChI is InChI=1S/C15H21N3O2/c1-2-3-6-15(20)16-11-7-8-12-13(10-11)18-14(17-12)5-4-9-19/h7-8,10,19H,2-6,9H2,1H3,(H,16,20)(H,17,18). The molecule has 0 fully saturated rings. The number of hydrogen-bond donors (Lipinski definition) is 3. The van der Waals surface area contributed by atoms with Crippen LogP contribution in [-0.2, 0) is 11.2 Å². The molecule has 0 radical (unpaired) electrons. The second kappa shape index (κ2) is 7.05. The van der Waals surface area contributed by atoms with Gasteiger partial charge >= 0.3 is 0 Å². The van der Waals surface area contributed by atoms with Crippen LogP contribution in [0.2, 0.25) is 0 Å². The summed E-state index contributed by atoms with van der Waals surface area (Å²) in [6.07, 6.45) is 3.90. The Balaban J connectivity index is 2.06. The number of aryl methyl sites for hydroxylation is 1. The van der Waals surface area contributed by atoms with Crippen LogP contribution in [0.4, 0.5) is 5.69 Å². The number of amides is 1. The minimum absolute atomic E-state index is 0.0474. The van der Waals surface area contributed by atoms with Gasteiger partial charge in [0, 0.05) is 25.1 Å². The van der Waals surface area contributed by atoms with Gasteiger partial charge in [-0.2, -0.15) is 0 Å². The fourth-order valence-corrected chi connectivity index (χ4v) is 2.07. The normalized spacial score (nSPS) is 10.9. The van der Waals surface area contributed by atoms with E-state index in [9.17, 15) is 4.79 Å². The van der Waals surface area contributed by atoms with Crippen LogP contribution in [-0.4, -0.2) is 27.6 Å². The number of rotatable bonds is 7. The number of fused-ring (bicyclic) bond motifs is 1. The van der Waals surface area contributed by atoms with E-state index in [0.29, 0.717) is 12.8 Å². The Kier molecular flexibility index (Phi) is 5.12. The summed E-state index contributed by atoms with van der Waals surface area (Å²) >= 11 is 0. The zero-order valence-electron chi connectivity index (χ0n) is 11.8. The summed E-state index contributed by atoms with van der Waals surface area (Å²) in [6, 6.07) is 5.65. The second-order valence-corrected chi connectivity index (χ2v) is 4.89. The average molecular weight is 275 g/mol. The molecule has 0 aliphatic heterocycles. The molecule has 108 valence electrons. The fourth-order valence-electron chi connectivity index (χ4n) is 2.07. The predicted molar refractivity (Wildman–Crippen MR) is 79.7 cm³/mol. The first kappa shape index (κ1) is 14.5. The maximum absolute atomic E-state index is 11.7. The van der Waals surface area contributed by atoms with Gasteiger partial charge in [-0.15, -0.1) is 0 Å². The number of aliphatic hydroxyl groups excluding tert-OH is 1. The number of carbonyl (C=O) groups is 1. The van der Waals surface area contributed by atoms with E-state index in [4.69, 9.17) is 5.11 Å². The number of imidazole rings is 1. The van der Waals surface area contributed by atoms with E-state index in [2.05, 4.69) is 22.2 Å². The van der Waals surface area contributed by atoms with Crippen molar-refractivity contribution in [2.24, 2.45) is 0 Å². The van der Waals surface area contributed by atoms with Crippen LogP contribution in [0.25, 0.3) is 11.0 Å². The molecule has 0 aliphatic carbocycles. The molecule has 2 rings (SSSR count). The van der Waals surface area contributed by atoms with Gasteiger partial charge < -0.3 is 15.4 Å². The number of anilines is 1. The summed E-state index contributed by atoms with van der Waals surface area (Å²) in [6.45, 7) is 2.23. The first-order valence-electron chi connectivity index (χ1n) is 7.12. The maximum atomic E-state index is 11.7. The highest BCUT2D eigenvalue weighted by Gasteiger charge is 2.06. The molecule has 1 aromatic heterocycles. The van der Waals surface area contributed by atoms with E-state index in [-0.39, 0.29) is 12.5 Å². The number of unbranched alkanes of at least 4 members (excludes halogenated alkanes) is 1. The van der Waals surface area contributed by atoms with Gasteiger partial charge in [0.25, 0.3) is 0 Å². The van der Waals surface area contributed by atoms with Crippen LogP contribution in [0.1, 0.15) is 38.4 Å². The molecule has 0 atom stereocenters. The lowest BCUT2D eigenvalue weighted by Gasteiger charge is -2.04. The molecule has 1 amide bonds. The summed E-state index contributed by atoms with van der Waals surface area (Å²) in [5, 5.41) is 11.7. The van der Waals surface area contributed by atoms with Crippen LogP contribution in [0, 0.1) is 0 Å². The Morgan fingerprint density at radius 2 is 2.25 bits per heavy atom. The first-order valence-corrected chi connectivity index (χ1v) is 7.12. The lowest BCUT2D eigenvalue weighted by Crippen LogP contribution is -2.10. The molecule has 1 heterocycles. The van der Waals surface area contributed by atoms with Crippen molar-refractivity contribution in [3.8, 4) is 0 Å². The van der Waals surface area contributed by atoms with Crippen LogP contribution in [0.15, 0.2) is 18.2 Å². The molecule has 0 aliphatic rings. The van der Waals surface area contributed by atoms with Crippen molar-refractivity contribution in [2.75, 3.05) is 11.9 Å². The van der Waals surface area contributed by atoms with Crippen molar-refractivity contribution in [2.45, 2.75) is 39.0 Å². The molecule has 1 aromatic carbocycles. The summed E-state index contributed by atoms with van der Waals surface area (Å²) < 4.78 is 0. The number of aromatic nitrogens is 2. The molecular weight excluding hydrogens is 254 g/mol. The molecule has 20 heavy (non-hydrogen) atoms. The number of aliphatic hydroxyl groups is 1. The summed E-state index contributed by atoms with van der Waals surface area (Å²) in [7, 11) is 0. The molecule has 0 spiro atoms. The fraction of sp³-hybridized carbons (Fsp3) is 0.467. The molecule has 0 unspecified atom stereocenters. The van der Waals surface area contributed by atoms with Gasteiger partial charge in [0.1, 0.15) is 5.82 Å². The average Bonchev–Trinajstić information content (AvgIpc) is 2.85. The smallest absolute Gasteiger partial charge is 0.224 e. The monoisotopic (exact) mass is 275 g/mol. The quantitative estimate of drug-likeness (QED) is 0.727. The van der Waals surface area contributed by atoms with Crippen molar-refractivity contribution in [3.05, 3.63) is 24.0 Å². The topological polar surface area (TPSA) is 78.0 Å². The van der Waals surface area contributed by atoms with Crippen molar-refractivity contribution < 1.29 is 9.90 Å². The van der Waals surface area contributed by atoms with Gasteiger partial charge in [0.15, 0.2) is 0 Å². The Hall–Kier alpha value is -1.88. The number of nitrogens with zero attached hydrogens (tertiary/aromatic N) is 1. The summed E-state index contributed by atoms with van der Waals surface area (Å²) in [5.74, 6) is 0.912. The van der Waals surface area contributed by atoms with Crippen molar-refractivity contribution in [3.63, 3.8) is 0 Å². The molecular formula is C15H21N3O2. The molecule has 0 saturated carbocycles. The highest BCUT2D eigenvalue weighted by Crippen LogP contribution is 2.18. The lowest BCUT2D eigenvalue weighted by atomic mass is 10.2. The Morgan fingerprint density at radius 3 is 3.00 bits per heavy atom. The van der Waals surface area contributed by atoms with Crippen molar-refractivity contribution >= 4 is 22.6 Å². The molecule has 5 nitrogen and oxygen atoms in total. The number of benzene rings is 1. The van der Waals surface area contributed by atoms with Gasteiger partial charge in [0.05, 0.1) is 11.0 Å². The summed E-state index contributed by atoms with van der Waals surface area (Å²) in [5.41, 5.74) is 2.58. The van der Waals surface area contributed by atoms with Gasteiger partial charge in [-0.25, -0.2) is 4.98 Å². The van der Waals surface area contributed by atoms with E-state index in [1.165, 1.54) is 0 Å². The lowest BCUT2D eigenvalue weighted by molar-refractivity contribution is -0.116. The van der Waals surface area contributed by atoms with Gasteiger partial charge in [-0.05, 0) is 31.0 Å². The number of H-pyrrole nitrogens is 1. The van der Waals surface area contributed by atoms with E-state index in [1.54, 1.807) is 0 Å². The van der Waals surface area contributed by atoms with Crippen molar-refractivity contribution in [1.29, 1.82) is 0 Å².